The van der Waals surface area contributed by atoms with Crippen molar-refractivity contribution in [1.82, 2.24) is 4.98 Å². The van der Waals surface area contributed by atoms with Crippen LogP contribution >= 0.6 is 11.3 Å². The number of thiophene rings is 1. The van der Waals surface area contributed by atoms with E-state index >= 15 is 0 Å². The SMILES string of the molecule is Cc1ccc(S(=O)(=O)Nc2ccc(Nc3ccc(F)c(F)c3F)cn2)s1. The normalized spacial score (nSPS) is 11.4. The molecular weight excluding hydrogens is 387 g/mol. The Morgan fingerprint density at radius 3 is 2.38 bits per heavy atom. The number of hydrogen-bond acceptors (Lipinski definition) is 5. The molecule has 5 nitrogen and oxygen atoms in total. The predicted octanol–water partition coefficient (Wildman–Crippen LogP) is 4.41. The minimum Gasteiger partial charge on any atom is -0.352 e. The van der Waals surface area contributed by atoms with Gasteiger partial charge in [-0.1, -0.05) is 0 Å². The van der Waals surface area contributed by atoms with Crippen LogP contribution in [0.25, 0.3) is 0 Å². The average molecular weight is 399 g/mol. The van der Waals surface area contributed by atoms with Gasteiger partial charge in [0.1, 0.15) is 10.0 Å². The molecule has 26 heavy (non-hydrogen) atoms. The quantitative estimate of drug-likeness (QED) is 0.624. The summed E-state index contributed by atoms with van der Waals surface area (Å²) in [7, 11) is -3.75. The highest BCUT2D eigenvalue weighted by Gasteiger charge is 2.17. The van der Waals surface area contributed by atoms with Crippen LogP contribution < -0.4 is 10.0 Å². The van der Waals surface area contributed by atoms with E-state index in [9.17, 15) is 21.6 Å². The van der Waals surface area contributed by atoms with Gasteiger partial charge in [-0.05, 0) is 43.3 Å². The van der Waals surface area contributed by atoms with Gasteiger partial charge in [0, 0.05) is 4.88 Å². The van der Waals surface area contributed by atoms with E-state index in [4.69, 9.17) is 0 Å². The largest absolute Gasteiger partial charge is 0.352 e. The highest BCUT2D eigenvalue weighted by atomic mass is 32.2. The standard InChI is InChI=1S/C16H12F3N3O2S2/c1-9-2-7-14(25-9)26(23,24)22-13-6-3-10(8-20-13)21-12-5-4-11(17)15(18)16(12)19/h2-8,21H,1H3,(H,20,22). The molecule has 0 amide bonds. The summed E-state index contributed by atoms with van der Waals surface area (Å²) in [5.41, 5.74) is -0.00193. The summed E-state index contributed by atoms with van der Waals surface area (Å²) in [6.07, 6.45) is 1.23. The fourth-order valence-corrected chi connectivity index (χ4v) is 4.34. The van der Waals surface area contributed by atoms with Crippen molar-refractivity contribution in [2.24, 2.45) is 0 Å². The molecule has 0 bridgehead atoms. The van der Waals surface area contributed by atoms with Gasteiger partial charge in [-0.15, -0.1) is 11.3 Å². The first-order chi connectivity index (χ1) is 12.3. The first kappa shape index (κ1) is 18.2. The molecule has 0 aliphatic rings. The van der Waals surface area contributed by atoms with E-state index in [1.807, 2.05) is 0 Å². The lowest BCUT2D eigenvalue weighted by atomic mass is 10.2. The molecule has 0 saturated heterocycles. The number of nitrogens with zero attached hydrogens (tertiary/aromatic N) is 1. The van der Waals surface area contributed by atoms with Crippen molar-refractivity contribution in [1.29, 1.82) is 0 Å². The van der Waals surface area contributed by atoms with Crippen molar-refractivity contribution in [2.75, 3.05) is 10.0 Å². The van der Waals surface area contributed by atoms with Crippen LogP contribution in [0.3, 0.4) is 0 Å². The number of aryl methyl sites for hydroxylation is 1. The number of aromatic nitrogens is 1. The fourth-order valence-electron chi connectivity index (χ4n) is 2.05. The second kappa shape index (κ2) is 6.96. The molecule has 2 N–H and O–H groups in total. The highest BCUT2D eigenvalue weighted by molar-refractivity contribution is 7.94. The topological polar surface area (TPSA) is 71.1 Å². The first-order valence-corrected chi connectivity index (χ1v) is 9.52. The highest BCUT2D eigenvalue weighted by Crippen LogP contribution is 2.25. The molecule has 2 heterocycles. The molecule has 0 aliphatic heterocycles. The molecule has 3 aromatic rings. The zero-order valence-electron chi connectivity index (χ0n) is 13.3. The van der Waals surface area contributed by atoms with Crippen molar-refractivity contribution in [3.05, 3.63) is 64.9 Å². The molecule has 0 spiro atoms. The van der Waals surface area contributed by atoms with Crippen molar-refractivity contribution < 1.29 is 21.6 Å². The third kappa shape index (κ3) is 3.81. The lowest BCUT2D eigenvalue weighted by molar-refractivity contribution is 0.449. The van der Waals surface area contributed by atoms with Crippen molar-refractivity contribution in [3.8, 4) is 0 Å². The Morgan fingerprint density at radius 2 is 1.77 bits per heavy atom. The zero-order chi connectivity index (χ0) is 18.9. The molecule has 2 aromatic heterocycles. The summed E-state index contributed by atoms with van der Waals surface area (Å²) in [6.45, 7) is 1.79. The molecule has 0 atom stereocenters. The van der Waals surface area contributed by atoms with Gasteiger partial charge in [0.2, 0.25) is 0 Å². The third-order valence-electron chi connectivity index (χ3n) is 3.30. The van der Waals surface area contributed by atoms with Crippen LogP contribution in [-0.2, 0) is 10.0 Å². The van der Waals surface area contributed by atoms with Gasteiger partial charge < -0.3 is 5.32 Å². The van der Waals surface area contributed by atoms with Crippen LogP contribution in [0.4, 0.5) is 30.4 Å². The maximum atomic E-state index is 13.7. The van der Waals surface area contributed by atoms with Crippen LogP contribution in [0, 0.1) is 24.4 Å². The fraction of sp³-hybridized carbons (Fsp3) is 0.0625. The van der Waals surface area contributed by atoms with E-state index in [2.05, 4.69) is 15.0 Å². The van der Waals surface area contributed by atoms with E-state index in [1.165, 1.54) is 24.4 Å². The Morgan fingerprint density at radius 1 is 1.00 bits per heavy atom. The van der Waals surface area contributed by atoms with Crippen molar-refractivity contribution >= 4 is 38.6 Å². The number of nitrogens with one attached hydrogen (secondary N) is 2. The Hall–Kier alpha value is -2.59. The summed E-state index contributed by atoms with van der Waals surface area (Å²) in [5.74, 6) is -4.17. The number of hydrogen-bond donors (Lipinski definition) is 2. The van der Waals surface area contributed by atoms with Gasteiger partial charge in [0.25, 0.3) is 10.0 Å². The van der Waals surface area contributed by atoms with E-state index in [-0.39, 0.29) is 21.4 Å². The summed E-state index contributed by atoms with van der Waals surface area (Å²) in [4.78, 5) is 4.78. The van der Waals surface area contributed by atoms with Gasteiger partial charge in [0.15, 0.2) is 17.5 Å². The molecule has 0 radical (unpaired) electrons. The summed E-state index contributed by atoms with van der Waals surface area (Å²) < 4.78 is 66.7. The van der Waals surface area contributed by atoms with E-state index in [0.29, 0.717) is 0 Å². The smallest absolute Gasteiger partial charge is 0.272 e. The molecule has 10 heteroatoms. The van der Waals surface area contributed by atoms with Crippen LogP contribution in [0.5, 0.6) is 0 Å². The van der Waals surface area contributed by atoms with Crippen LogP contribution in [0.1, 0.15) is 4.88 Å². The van der Waals surface area contributed by atoms with Gasteiger partial charge >= 0.3 is 0 Å². The Labute approximate surface area is 151 Å². The van der Waals surface area contributed by atoms with E-state index in [1.54, 1.807) is 13.0 Å². The Bertz CT molecular complexity index is 1050. The summed E-state index contributed by atoms with van der Waals surface area (Å²) >= 11 is 1.12. The summed E-state index contributed by atoms with van der Waals surface area (Å²) in [6, 6.07) is 7.80. The van der Waals surface area contributed by atoms with Crippen molar-refractivity contribution in [3.63, 3.8) is 0 Å². The molecule has 136 valence electrons. The number of sulfonamides is 1. The minimum atomic E-state index is -3.75. The molecular formula is C16H12F3N3O2S2. The van der Waals surface area contributed by atoms with Crippen LogP contribution in [0.15, 0.2) is 46.8 Å². The number of pyridine rings is 1. The molecule has 0 saturated carbocycles. The van der Waals surface area contributed by atoms with E-state index in [0.717, 1.165) is 28.3 Å². The Kier molecular flexibility index (Phi) is 4.88. The maximum absolute atomic E-state index is 13.7. The number of anilines is 3. The second-order valence-corrected chi connectivity index (χ2v) is 8.45. The molecule has 1 aromatic carbocycles. The van der Waals surface area contributed by atoms with Gasteiger partial charge in [-0.3, -0.25) is 4.72 Å². The van der Waals surface area contributed by atoms with Gasteiger partial charge in [-0.25, -0.2) is 26.6 Å². The first-order valence-electron chi connectivity index (χ1n) is 7.22. The lowest BCUT2D eigenvalue weighted by Crippen LogP contribution is -2.12. The van der Waals surface area contributed by atoms with Crippen molar-refractivity contribution in [2.45, 2.75) is 11.1 Å². The number of halogens is 3. The van der Waals surface area contributed by atoms with Crippen LogP contribution in [0.2, 0.25) is 0 Å². The minimum absolute atomic E-state index is 0.0624. The number of benzene rings is 1. The van der Waals surface area contributed by atoms with Crippen LogP contribution in [-0.4, -0.2) is 13.4 Å². The predicted molar refractivity (Wildman–Crippen MR) is 93.7 cm³/mol. The number of rotatable bonds is 5. The molecule has 0 fully saturated rings. The lowest BCUT2D eigenvalue weighted by Gasteiger charge is -2.09. The molecule has 3 rings (SSSR count). The van der Waals surface area contributed by atoms with Gasteiger partial charge in [-0.2, -0.15) is 0 Å². The average Bonchev–Trinajstić information content (AvgIpc) is 3.04. The van der Waals surface area contributed by atoms with E-state index < -0.39 is 27.5 Å². The summed E-state index contributed by atoms with van der Waals surface area (Å²) in [5, 5.41) is 2.55. The maximum Gasteiger partial charge on any atom is 0.272 e. The van der Waals surface area contributed by atoms with Gasteiger partial charge in [0.05, 0.1) is 17.6 Å². The Balaban J connectivity index is 1.76. The molecule has 0 unspecified atom stereocenters. The molecule has 0 aliphatic carbocycles. The monoisotopic (exact) mass is 399 g/mol. The second-order valence-electron chi connectivity index (χ2n) is 5.25. The third-order valence-corrected chi connectivity index (χ3v) is 6.14. The zero-order valence-corrected chi connectivity index (χ0v) is 14.9.